The molecular formula is C19H15ClN2O5S2. The molecule has 29 heavy (non-hydrogen) atoms. The lowest BCUT2D eigenvalue weighted by atomic mass is 10.2. The van der Waals surface area contributed by atoms with Gasteiger partial charge < -0.3 is 5.32 Å². The molecule has 0 aliphatic rings. The molecule has 0 aliphatic heterocycles. The van der Waals surface area contributed by atoms with E-state index in [1.807, 2.05) is 0 Å². The van der Waals surface area contributed by atoms with E-state index < -0.39 is 25.9 Å². The Labute approximate surface area is 176 Å². The topological polar surface area (TPSA) is 106 Å². The molecule has 10 heteroatoms. The first-order valence-electron chi connectivity index (χ1n) is 8.34. The van der Waals surface area contributed by atoms with Gasteiger partial charge in [-0.2, -0.15) is 0 Å². The van der Waals surface area contributed by atoms with Crippen molar-refractivity contribution < 1.29 is 18.1 Å². The molecule has 1 amide bonds. The zero-order valence-corrected chi connectivity index (χ0v) is 17.2. The molecule has 0 spiro atoms. The molecule has 3 aromatic rings. The molecular weight excluding hydrogens is 436 g/mol. The summed E-state index contributed by atoms with van der Waals surface area (Å²) in [4.78, 5) is 23.3. The van der Waals surface area contributed by atoms with Gasteiger partial charge in [0.25, 0.3) is 11.6 Å². The SMILES string of the molecule is O=C(NC[C@@H](c1cccs1)S(=O)(=O)c1ccc(Cl)cc1)c1ccc([N+](=O)[O-])cc1. The first-order valence-corrected chi connectivity index (χ1v) is 11.1. The lowest BCUT2D eigenvalue weighted by Crippen LogP contribution is -2.31. The van der Waals surface area contributed by atoms with Crippen LogP contribution in [0.4, 0.5) is 5.69 Å². The van der Waals surface area contributed by atoms with Crippen LogP contribution in [0.15, 0.2) is 70.9 Å². The largest absolute Gasteiger partial charge is 0.350 e. The van der Waals surface area contributed by atoms with Crippen LogP contribution in [0.2, 0.25) is 5.02 Å². The van der Waals surface area contributed by atoms with Crippen molar-refractivity contribution in [2.45, 2.75) is 10.1 Å². The molecule has 0 saturated heterocycles. The number of hydrogen-bond acceptors (Lipinski definition) is 6. The number of halogens is 1. The van der Waals surface area contributed by atoms with Gasteiger partial charge in [-0.05, 0) is 47.8 Å². The standard InChI is InChI=1S/C19H15ClN2O5S2/c20-14-5-9-16(10-6-14)29(26,27)18(17-2-1-11-28-17)12-21-19(23)13-3-7-15(8-4-13)22(24)25/h1-11,18H,12H2,(H,21,23)/t18-/m0/s1. The normalized spacial score (nSPS) is 12.3. The van der Waals surface area contributed by atoms with Gasteiger partial charge in [0, 0.05) is 34.1 Å². The minimum atomic E-state index is -3.79. The average molecular weight is 451 g/mol. The van der Waals surface area contributed by atoms with Crippen LogP contribution in [-0.2, 0) is 9.84 Å². The summed E-state index contributed by atoms with van der Waals surface area (Å²) in [6, 6.07) is 14.4. The number of nitro groups is 1. The monoisotopic (exact) mass is 450 g/mol. The van der Waals surface area contributed by atoms with E-state index in [0.717, 1.165) is 0 Å². The van der Waals surface area contributed by atoms with E-state index in [-0.39, 0.29) is 22.7 Å². The molecule has 0 radical (unpaired) electrons. The summed E-state index contributed by atoms with van der Waals surface area (Å²) in [7, 11) is -3.79. The fourth-order valence-corrected chi connectivity index (χ4v) is 5.56. The second-order valence-electron chi connectivity index (χ2n) is 6.02. The Balaban J connectivity index is 1.82. The third-order valence-electron chi connectivity index (χ3n) is 4.17. The lowest BCUT2D eigenvalue weighted by Gasteiger charge is -2.17. The Morgan fingerprint density at radius 2 is 1.76 bits per heavy atom. The summed E-state index contributed by atoms with van der Waals surface area (Å²) < 4.78 is 26.3. The van der Waals surface area contributed by atoms with E-state index in [1.165, 1.54) is 59.9 Å². The number of carbonyl (C=O) groups is 1. The third-order valence-corrected chi connectivity index (χ3v) is 7.65. The molecule has 150 valence electrons. The minimum Gasteiger partial charge on any atom is -0.350 e. The van der Waals surface area contributed by atoms with E-state index in [1.54, 1.807) is 17.5 Å². The van der Waals surface area contributed by atoms with Crippen LogP contribution in [0.1, 0.15) is 20.5 Å². The predicted octanol–water partition coefficient (Wildman–Crippen LogP) is 4.25. The summed E-state index contributed by atoms with van der Waals surface area (Å²) in [5.74, 6) is -0.521. The number of nitrogens with zero attached hydrogens (tertiary/aromatic N) is 1. The van der Waals surface area contributed by atoms with Crippen LogP contribution in [0.3, 0.4) is 0 Å². The molecule has 7 nitrogen and oxygen atoms in total. The lowest BCUT2D eigenvalue weighted by molar-refractivity contribution is -0.384. The quantitative estimate of drug-likeness (QED) is 0.427. The highest BCUT2D eigenvalue weighted by Crippen LogP contribution is 2.32. The Bertz CT molecular complexity index is 1110. The Morgan fingerprint density at radius 1 is 1.10 bits per heavy atom. The van der Waals surface area contributed by atoms with Gasteiger partial charge in [-0.25, -0.2) is 8.42 Å². The van der Waals surface area contributed by atoms with Crippen LogP contribution in [0, 0.1) is 10.1 Å². The van der Waals surface area contributed by atoms with Gasteiger partial charge in [0.2, 0.25) is 0 Å². The van der Waals surface area contributed by atoms with E-state index in [4.69, 9.17) is 11.6 Å². The molecule has 0 aliphatic carbocycles. The molecule has 2 aromatic carbocycles. The van der Waals surface area contributed by atoms with E-state index in [9.17, 15) is 23.3 Å². The predicted molar refractivity (Wildman–Crippen MR) is 111 cm³/mol. The van der Waals surface area contributed by atoms with Crippen LogP contribution in [0.25, 0.3) is 0 Å². The second kappa shape index (κ2) is 8.73. The first kappa shape index (κ1) is 21.0. The van der Waals surface area contributed by atoms with E-state index in [0.29, 0.717) is 9.90 Å². The summed E-state index contributed by atoms with van der Waals surface area (Å²) >= 11 is 7.13. The second-order valence-corrected chi connectivity index (χ2v) is 9.56. The summed E-state index contributed by atoms with van der Waals surface area (Å²) in [5, 5.41) is 14.5. The summed E-state index contributed by atoms with van der Waals surface area (Å²) in [5.41, 5.74) is 0.0627. The number of benzene rings is 2. The molecule has 0 saturated carbocycles. The average Bonchev–Trinajstić information content (AvgIpc) is 3.22. The van der Waals surface area contributed by atoms with Gasteiger partial charge in [-0.15, -0.1) is 11.3 Å². The van der Waals surface area contributed by atoms with Crippen molar-refractivity contribution in [2.24, 2.45) is 0 Å². The molecule has 3 rings (SSSR count). The maximum atomic E-state index is 13.1. The molecule has 1 aromatic heterocycles. The van der Waals surface area contributed by atoms with Crippen LogP contribution < -0.4 is 5.32 Å². The van der Waals surface area contributed by atoms with Gasteiger partial charge in [0.15, 0.2) is 9.84 Å². The maximum absolute atomic E-state index is 13.1. The number of sulfone groups is 1. The number of thiophene rings is 1. The van der Waals surface area contributed by atoms with Crippen LogP contribution in [-0.4, -0.2) is 25.8 Å². The van der Waals surface area contributed by atoms with Crippen molar-refractivity contribution in [3.05, 3.63) is 91.6 Å². The number of carbonyl (C=O) groups excluding carboxylic acids is 1. The fraction of sp³-hybridized carbons (Fsp3) is 0.105. The summed E-state index contributed by atoms with van der Waals surface area (Å²) in [6.45, 7) is -0.151. The van der Waals surface area contributed by atoms with Crippen molar-refractivity contribution in [1.29, 1.82) is 0 Å². The van der Waals surface area contributed by atoms with E-state index >= 15 is 0 Å². The highest BCUT2D eigenvalue weighted by atomic mass is 35.5. The summed E-state index contributed by atoms with van der Waals surface area (Å²) in [6.07, 6.45) is 0. The van der Waals surface area contributed by atoms with Crippen molar-refractivity contribution in [2.75, 3.05) is 6.54 Å². The molecule has 0 unspecified atom stereocenters. The number of non-ortho nitro benzene ring substituents is 1. The third kappa shape index (κ3) is 4.81. The Morgan fingerprint density at radius 3 is 2.31 bits per heavy atom. The molecule has 0 bridgehead atoms. The van der Waals surface area contributed by atoms with Crippen molar-refractivity contribution in [1.82, 2.24) is 5.32 Å². The van der Waals surface area contributed by atoms with Gasteiger partial charge in [-0.1, -0.05) is 17.7 Å². The molecule has 1 atom stereocenters. The van der Waals surface area contributed by atoms with Crippen molar-refractivity contribution in [3.8, 4) is 0 Å². The van der Waals surface area contributed by atoms with Gasteiger partial charge in [0.1, 0.15) is 5.25 Å². The highest BCUT2D eigenvalue weighted by molar-refractivity contribution is 7.91. The molecule has 1 heterocycles. The first-order chi connectivity index (χ1) is 13.8. The number of amides is 1. The van der Waals surface area contributed by atoms with Crippen molar-refractivity contribution >= 4 is 44.4 Å². The van der Waals surface area contributed by atoms with Gasteiger partial charge in [-0.3, -0.25) is 14.9 Å². The molecule has 0 fully saturated rings. The molecule has 1 N–H and O–H groups in total. The van der Waals surface area contributed by atoms with Crippen molar-refractivity contribution in [3.63, 3.8) is 0 Å². The zero-order chi connectivity index (χ0) is 21.0. The fourth-order valence-electron chi connectivity index (χ4n) is 2.65. The Kier molecular flexibility index (Phi) is 6.31. The number of hydrogen-bond donors (Lipinski definition) is 1. The van der Waals surface area contributed by atoms with Gasteiger partial charge >= 0.3 is 0 Å². The minimum absolute atomic E-state index is 0.102. The number of nitro benzene ring substituents is 1. The van der Waals surface area contributed by atoms with E-state index in [2.05, 4.69) is 5.32 Å². The maximum Gasteiger partial charge on any atom is 0.269 e. The number of rotatable bonds is 7. The smallest absolute Gasteiger partial charge is 0.269 e. The Hall–Kier alpha value is -2.75. The zero-order valence-electron chi connectivity index (χ0n) is 14.8. The number of nitrogens with one attached hydrogen (secondary N) is 1. The van der Waals surface area contributed by atoms with Crippen LogP contribution >= 0.6 is 22.9 Å². The highest BCUT2D eigenvalue weighted by Gasteiger charge is 2.30. The van der Waals surface area contributed by atoms with Gasteiger partial charge in [0.05, 0.1) is 9.82 Å². The van der Waals surface area contributed by atoms with Crippen LogP contribution in [0.5, 0.6) is 0 Å².